The Morgan fingerprint density at radius 3 is 2.33 bits per heavy atom. The number of pyridine rings is 2. The van der Waals surface area contributed by atoms with Gasteiger partial charge in [-0.3, -0.25) is 9.88 Å². The Hall–Kier alpha value is -1.86. The van der Waals surface area contributed by atoms with Crippen LogP contribution in [0.25, 0.3) is 0 Å². The van der Waals surface area contributed by atoms with Gasteiger partial charge in [-0.1, -0.05) is 11.6 Å². The number of alkyl halides is 3. The van der Waals surface area contributed by atoms with E-state index in [9.17, 15) is 13.2 Å². The summed E-state index contributed by atoms with van der Waals surface area (Å²) in [5.41, 5.74) is 0.358. The molecule has 3 heterocycles. The maximum Gasteiger partial charge on any atom is 0.417 e. The Morgan fingerprint density at radius 2 is 1.75 bits per heavy atom. The van der Waals surface area contributed by atoms with Gasteiger partial charge in [0.2, 0.25) is 0 Å². The topological polar surface area (TPSA) is 32.3 Å². The van der Waals surface area contributed by atoms with E-state index in [-0.39, 0.29) is 5.02 Å². The molecule has 0 atom stereocenters. The summed E-state index contributed by atoms with van der Waals surface area (Å²) in [7, 11) is 0. The summed E-state index contributed by atoms with van der Waals surface area (Å²) in [6, 6.07) is 4.88. The first kappa shape index (κ1) is 17.0. The van der Waals surface area contributed by atoms with Gasteiger partial charge < -0.3 is 4.90 Å². The SMILES string of the molecule is FC(F)(F)c1cnc(N2CCN(Cc3ccncc3)CC2)c(Cl)c1. The van der Waals surface area contributed by atoms with Crippen LogP contribution in [0.3, 0.4) is 0 Å². The van der Waals surface area contributed by atoms with Crippen LogP contribution in [0.4, 0.5) is 19.0 Å². The van der Waals surface area contributed by atoms with Crippen molar-refractivity contribution in [2.24, 2.45) is 0 Å². The summed E-state index contributed by atoms with van der Waals surface area (Å²) < 4.78 is 38.0. The Morgan fingerprint density at radius 1 is 1.08 bits per heavy atom. The van der Waals surface area contributed by atoms with Crippen molar-refractivity contribution in [1.82, 2.24) is 14.9 Å². The van der Waals surface area contributed by atoms with E-state index in [1.54, 1.807) is 12.4 Å². The van der Waals surface area contributed by atoms with E-state index in [1.165, 1.54) is 5.56 Å². The quantitative estimate of drug-likeness (QED) is 0.843. The fraction of sp³-hybridized carbons (Fsp3) is 0.375. The number of piperazine rings is 1. The molecule has 1 saturated heterocycles. The average molecular weight is 357 g/mol. The molecule has 128 valence electrons. The summed E-state index contributed by atoms with van der Waals surface area (Å²) in [6.07, 6.45) is -0.0715. The molecular weight excluding hydrogens is 341 g/mol. The molecule has 3 rings (SSSR count). The summed E-state index contributed by atoms with van der Waals surface area (Å²) >= 11 is 6.01. The van der Waals surface area contributed by atoms with E-state index >= 15 is 0 Å². The van der Waals surface area contributed by atoms with Gasteiger partial charge in [0.05, 0.1) is 10.6 Å². The van der Waals surface area contributed by atoms with Gasteiger partial charge in [-0.25, -0.2) is 4.98 Å². The zero-order valence-corrected chi connectivity index (χ0v) is 13.6. The van der Waals surface area contributed by atoms with E-state index in [0.717, 1.165) is 31.9 Å². The Labute approximate surface area is 142 Å². The highest BCUT2D eigenvalue weighted by molar-refractivity contribution is 6.33. The van der Waals surface area contributed by atoms with Crippen molar-refractivity contribution >= 4 is 17.4 Å². The van der Waals surface area contributed by atoms with E-state index in [0.29, 0.717) is 18.9 Å². The summed E-state index contributed by atoms with van der Waals surface area (Å²) in [6.45, 7) is 3.75. The van der Waals surface area contributed by atoms with E-state index in [1.807, 2.05) is 17.0 Å². The number of rotatable bonds is 3. The second-order valence-electron chi connectivity index (χ2n) is 5.65. The Kier molecular flexibility index (Phi) is 4.91. The molecule has 1 aliphatic rings. The minimum absolute atomic E-state index is 0.0346. The predicted molar refractivity (Wildman–Crippen MR) is 86.0 cm³/mol. The van der Waals surface area contributed by atoms with Gasteiger partial charge in [-0.15, -0.1) is 0 Å². The lowest BCUT2D eigenvalue weighted by atomic mass is 10.2. The van der Waals surface area contributed by atoms with Crippen LogP contribution in [-0.4, -0.2) is 41.0 Å². The standard InChI is InChI=1S/C16H16ClF3N4/c17-14-9-13(16(18,19)20)10-22-15(14)24-7-5-23(6-8-24)11-12-1-3-21-4-2-12/h1-4,9-10H,5-8,11H2. The van der Waals surface area contributed by atoms with Gasteiger partial charge in [0.25, 0.3) is 0 Å². The first-order valence-electron chi connectivity index (χ1n) is 7.52. The van der Waals surface area contributed by atoms with Crippen molar-refractivity contribution < 1.29 is 13.2 Å². The lowest BCUT2D eigenvalue weighted by Crippen LogP contribution is -2.46. The van der Waals surface area contributed by atoms with Crippen LogP contribution < -0.4 is 4.90 Å². The van der Waals surface area contributed by atoms with Crippen LogP contribution in [0.5, 0.6) is 0 Å². The third kappa shape index (κ3) is 3.96. The second kappa shape index (κ2) is 6.94. The van der Waals surface area contributed by atoms with Gasteiger partial charge >= 0.3 is 6.18 Å². The molecule has 4 nitrogen and oxygen atoms in total. The first-order chi connectivity index (χ1) is 11.4. The van der Waals surface area contributed by atoms with E-state index < -0.39 is 11.7 Å². The van der Waals surface area contributed by atoms with Crippen molar-refractivity contribution in [2.75, 3.05) is 31.1 Å². The predicted octanol–water partition coefficient (Wildman–Crippen LogP) is 3.47. The first-order valence-corrected chi connectivity index (χ1v) is 7.90. The van der Waals surface area contributed by atoms with Crippen LogP contribution in [0.1, 0.15) is 11.1 Å². The van der Waals surface area contributed by atoms with E-state index in [2.05, 4.69) is 14.9 Å². The summed E-state index contributed by atoms with van der Waals surface area (Å²) in [5, 5.41) is 0.0346. The van der Waals surface area contributed by atoms with Crippen molar-refractivity contribution in [2.45, 2.75) is 12.7 Å². The number of hydrogen-bond donors (Lipinski definition) is 0. The molecule has 0 N–H and O–H groups in total. The Bertz CT molecular complexity index is 685. The molecule has 8 heteroatoms. The number of nitrogens with zero attached hydrogens (tertiary/aromatic N) is 4. The van der Waals surface area contributed by atoms with Crippen molar-refractivity contribution in [3.63, 3.8) is 0 Å². The zero-order valence-electron chi connectivity index (χ0n) is 12.8. The number of hydrogen-bond acceptors (Lipinski definition) is 4. The number of aromatic nitrogens is 2. The molecule has 0 radical (unpaired) electrons. The van der Waals surface area contributed by atoms with Gasteiger partial charge in [0, 0.05) is 51.3 Å². The number of anilines is 1. The second-order valence-corrected chi connectivity index (χ2v) is 6.05. The molecule has 0 saturated carbocycles. The molecule has 24 heavy (non-hydrogen) atoms. The Balaban J connectivity index is 1.62. The normalized spacial score (nSPS) is 16.4. The zero-order chi connectivity index (χ0) is 17.2. The average Bonchev–Trinajstić information content (AvgIpc) is 2.56. The van der Waals surface area contributed by atoms with Gasteiger partial charge in [-0.2, -0.15) is 13.2 Å². The molecule has 0 amide bonds. The molecule has 0 aliphatic carbocycles. The van der Waals surface area contributed by atoms with Gasteiger partial charge in [0.15, 0.2) is 0 Å². The third-order valence-electron chi connectivity index (χ3n) is 3.98. The minimum Gasteiger partial charge on any atom is -0.353 e. The molecule has 2 aromatic heterocycles. The summed E-state index contributed by atoms with van der Waals surface area (Å²) in [5.74, 6) is 0.410. The third-order valence-corrected chi connectivity index (χ3v) is 4.25. The lowest BCUT2D eigenvalue weighted by molar-refractivity contribution is -0.137. The molecule has 2 aromatic rings. The van der Waals surface area contributed by atoms with Crippen molar-refractivity contribution in [3.8, 4) is 0 Å². The highest BCUT2D eigenvalue weighted by atomic mass is 35.5. The fourth-order valence-electron chi connectivity index (χ4n) is 2.68. The van der Waals surface area contributed by atoms with Crippen LogP contribution >= 0.6 is 11.6 Å². The minimum atomic E-state index is -4.43. The molecular formula is C16H16ClF3N4. The van der Waals surface area contributed by atoms with Crippen LogP contribution in [0.15, 0.2) is 36.8 Å². The maximum atomic E-state index is 12.7. The maximum absolute atomic E-state index is 12.7. The molecule has 1 fully saturated rings. The van der Waals surface area contributed by atoms with Gasteiger partial charge in [-0.05, 0) is 23.8 Å². The fourth-order valence-corrected chi connectivity index (χ4v) is 2.97. The highest BCUT2D eigenvalue weighted by Crippen LogP contribution is 2.33. The van der Waals surface area contributed by atoms with Crippen LogP contribution in [-0.2, 0) is 12.7 Å². The number of halogens is 4. The van der Waals surface area contributed by atoms with Crippen LogP contribution in [0.2, 0.25) is 5.02 Å². The summed E-state index contributed by atoms with van der Waals surface area (Å²) in [4.78, 5) is 12.1. The molecule has 0 aromatic carbocycles. The molecule has 0 unspecified atom stereocenters. The van der Waals surface area contributed by atoms with E-state index in [4.69, 9.17) is 11.6 Å². The van der Waals surface area contributed by atoms with Gasteiger partial charge in [0.1, 0.15) is 5.82 Å². The largest absolute Gasteiger partial charge is 0.417 e. The molecule has 0 spiro atoms. The van der Waals surface area contributed by atoms with Crippen molar-refractivity contribution in [3.05, 3.63) is 52.9 Å². The van der Waals surface area contributed by atoms with Crippen molar-refractivity contribution in [1.29, 1.82) is 0 Å². The molecule has 0 bridgehead atoms. The lowest BCUT2D eigenvalue weighted by Gasteiger charge is -2.35. The smallest absolute Gasteiger partial charge is 0.353 e. The van der Waals surface area contributed by atoms with Crippen LogP contribution in [0, 0.1) is 0 Å². The molecule has 1 aliphatic heterocycles. The monoisotopic (exact) mass is 356 g/mol. The highest BCUT2D eigenvalue weighted by Gasteiger charge is 2.32.